The third kappa shape index (κ3) is 2.45. The molecular formula is C14H18N2O3S. The Morgan fingerprint density at radius 2 is 2.20 bits per heavy atom. The van der Waals surface area contributed by atoms with Gasteiger partial charge in [-0.2, -0.15) is 0 Å². The highest BCUT2D eigenvalue weighted by molar-refractivity contribution is 7.12. The fraction of sp³-hybridized carbons (Fsp3) is 0.571. The van der Waals surface area contributed by atoms with Gasteiger partial charge in [-0.05, 0) is 30.2 Å². The molecule has 2 amide bonds. The van der Waals surface area contributed by atoms with Gasteiger partial charge >= 0.3 is 0 Å². The van der Waals surface area contributed by atoms with Crippen molar-refractivity contribution in [1.29, 1.82) is 0 Å². The Bertz CT molecular complexity index is 519. The van der Waals surface area contributed by atoms with E-state index in [9.17, 15) is 14.7 Å². The molecule has 1 saturated carbocycles. The van der Waals surface area contributed by atoms with E-state index in [1.165, 1.54) is 16.2 Å². The molecule has 1 N–H and O–H groups in total. The Hall–Kier alpha value is -1.40. The highest BCUT2D eigenvalue weighted by Gasteiger charge is 2.53. The van der Waals surface area contributed by atoms with E-state index in [0.29, 0.717) is 23.9 Å². The number of carbonyl (C=O) groups excluding carboxylic acids is 2. The number of nitrogens with zero attached hydrogens (tertiary/aromatic N) is 2. The molecule has 1 aliphatic heterocycles. The Kier molecular flexibility index (Phi) is 3.30. The van der Waals surface area contributed by atoms with E-state index in [1.54, 1.807) is 18.0 Å². The second-order valence-electron chi connectivity index (χ2n) is 5.77. The Balaban J connectivity index is 1.51. The number of β-amino-alcohol motifs (C(OH)–C–C–N with tert-alkyl or cyclic N) is 1. The lowest BCUT2D eigenvalue weighted by molar-refractivity contribution is -0.159. The van der Waals surface area contributed by atoms with Crippen molar-refractivity contribution in [3.8, 4) is 0 Å². The predicted molar refractivity (Wildman–Crippen MR) is 75.5 cm³/mol. The van der Waals surface area contributed by atoms with Crippen molar-refractivity contribution in [1.82, 2.24) is 9.80 Å². The molecule has 2 aliphatic rings. The third-order valence-corrected chi connectivity index (χ3v) is 4.93. The van der Waals surface area contributed by atoms with Gasteiger partial charge in [-0.3, -0.25) is 9.59 Å². The van der Waals surface area contributed by atoms with E-state index >= 15 is 0 Å². The molecule has 0 radical (unpaired) electrons. The summed E-state index contributed by atoms with van der Waals surface area (Å²) in [5, 5.41) is 12.0. The number of rotatable bonds is 4. The smallest absolute Gasteiger partial charge is 0.264 e. The van der Waals surface area contributed by atoms with Crippen LogP contribution in [0.5, 0.6) is 0 Å². The molecule has 1 aromatic heterocycles. The zero-order chi connectivity index (χ0) is 14.3. The molecule has 5 nitrogen and oxygen atoms in total. The van der Waals surface area contributed by atoms with Crippen molar-refractivity contribution >= 4 is 23.2 Å². The first-order valence-electron chi connectivity index (χ1n) is 6.79. The fourth-order valence-corrected chi connectivity index (χ4v) is 3.35. The van der Waals surface area contributed by atoms with Crippen LogP contribution < -0.4 is 0 Å². The summed E-state index contributed by atoms with van der Waals surface area (Å²) >= 11 is 1.37. The lowest BCUT2D eigenvalue weighted by Crippen LogP contribution is -2.65. The highest BCUT2D eigenvalue weighted by Crippen LogP contribution is 2.44. The largest absolute Gasteiger partial charge is 0.386 e. The van der Waals surface area contributed by atoms with Gasteiger partial charge in [-0.15, -0.1) is 11.3 Å². The second-order valence-corrected chi connectivity index (χ2v) is 6.71. The van der Waals surface area contributed by atoms with Gasteiger partial charge in [-0.1, -0.05) is 6.07 Å². The van der Waals surface area contributed by atoms with Crippen LogP contribution in [0.1, 0.15) is 22.5 Å². The zero-order valence-electron chi connectivity index (χ0n) is 11.4. The number of aliphatic hydroxyl groups is 1. The minimum atomic E-state index is -0.661. The van der Waals surface area contributed by atoms with E-state index in [1.807, 2.05) is 11.4 Å². The van der Waals surface area contributed by atoms with Crippen molar-refractivity contribution in [2.75, 3.05) is 26.7 Å². The minimum absolute atomic E-state index is 0.0669. The van der Waals surface area contributed by atoms with Gasteiger partial charge in [-0.25, -0.2) is 0 Å². The lowest BCUT2D eigenvalue weighted by atomic mass is 9.88. The number of amides is 2. The molecule has 20 heavy (non-hydrogen) atoms. The van der Waals surface area contributed by atoms with Crippen molar-refractivity contribution in [3.05, 3.63) is 22.4 Å². The molecule has 3 rings (SSSR count). The molecule has 108 valence electrons. The van der Waals surface area contributed by atoms with Gasteiger partial charge in [0.25, 0.3) is 5.91 Å². The summed E-state index contributed by atoms with van der Waals surface area (Å²) in [5.74, 6) is 0.145. The molecule has 0 spiro atoms. The molecular weight excluding hydrogens is 276 g/mol. The van der Waals surface area contributed by atoms with Gasteiger partial charge in [0.15, 0.2) is 0 Å². The normalized spacial score (nSPS) is 20.4. The monoisotopic (exact) mass is 294 g/mol. The quantitative estimate of drug-likeness (QED) is 0.893. The van der Waals surface area contributed by atoms with E-state index in [2.05, 4.69) is 0 Å². The molecule has 0 atom stereocenters. The molecule has 2 heterocycles. The number of carbonyl (C=O) groups is 2. The SMILES string of the molecule is CN(CC(=O)N1CC(O)(C2CC2)C1)C(=O)c1cccs1. The maximum Gasteiger partial charge on any atom is 0.264 e. The Morgan fingerprint density at radius 3 is 2.75 bits per heavy atom. The summed E-state index contributed by atoms with van der Waals surface area (Å²) in [7, 11) is 1.63. The molecule has 0 unspecified atom stereocenters. The van der Waals surface area contributed by atoms with Crippen LogP contribution >= 0.6 is 11.3 Å². The van der Waals surface area contributed by atoms with Crippen LogP contribution in [-0.2, 0) is 4.79 Å². The van der Waals surface area contributed by atoms with Crippen LogP contribution in [0.3, 0.4) is 0 Å². The number of hydrogen-bond donors (Lipinski definition) is 1. The summed E-state index contributed by atoms with van der Waals surface area (Å²) in [4.78, 5) is 27.8. The summed E-state index contributed by atoms with van der Waals surface area (Å²) in [6, 6.07) is 3.57. The molecule has 1 aromatic rings. The van der Waals surface area contributed by atoms with Gasteiger partial charge in [0.1, 0.15) is 5.60 Å². The predicted octanol–water partition coefficient (Wildman–Crippen LogP) is 0.803. The summed E-state index contributed by atoms with van der Waals surface area (Å²) in [6.45, 7) is 0.895. The van der Waals surface area contributed by atoms with E-state index in [4.69, 9.17) is 0 Å². The standard InChI is InChI=1S/C14H18N2O3S/c1-15(13(18)11-3-2-6-20-11)7-12(17)16-8-14(19,9-16)10-4-5-10/h2-3,6,10,19H,4-5,7-9H2,1H3. The lowest BCUT2D eigenvalue weighted by Gasteiger charge is -2.47. The van der Waals surface area contributed by atoms with Crippen molar-refractivity contribution in [3.63, 3.8) is 0 Å². The van der Waals surface area contributed by atoms with Crippen molar-refractivity contribution < 1.29 is 14.7 Å². The molecule has 1 saturated heterocycles. The third-order valence-electron chi connectivity index (χ3n) is 4.07. The second kappa shape index (κ2) is 4.86. The van der Waals surface area contributed by atoms with E-state index in [-0.39, 0.29) is 18.4 Å². The minimum Gasteiger partial charge on any atom is -0.386 e. The molecule has 6 heteroatoms. The number of thiophene rings is 1. The number of hydrogen-bond acceptors (Lipinski definition) is 4. The molecule has 2 fully saturated rings. The topological polar surface area (TPSA) is 60.9 Å². The number of likely N-dealkylation sites (tertiary alicyclic amines) is 1. The van der Waals surface area contributed by atoms with Crippen LogP contribution in [-0.4, -0.2) is 59.0 Å². The van der Waals surface area contributed by atoms with Crippen LogP contribution in [0.15, 0.2) is 17.5 Å². The van der Waals surface area contributed by atoms with Crippen LogP contribution in [0.4, 0.5) is 0 Å². The average molecular weight is 294 g/mol. The van der Waals surface area contributed by atoms with Gasteiger partial charge < -0.3 is 14.9 Å². The van der Waals surface area contributed by atoms with Crippen molar-refractivity contribution in [2.24, 2.45) is 5.92 Å². The van der Waals surface area contributed by atoms with Gasteiger partial charge in [0.2, 0.25) is 5.91 Å². The van der Waals surface area contributed by atoms with Crippen LogP contribution in [0.2, 0.25) is 0 Å². The summed E-state index contributed by atoms with van der Waals surface area (Å²) in [5.41, 5.74) is -0.661. The van der Waals surface area contributed by atoms with Gasteiger partial charge in [0.05, 0.1) is 24.5 Å². The maximum atomic E-state index is 12.1. The molecule has 1 aliphatic carbocycles. The van der Waals surface area contributed by atoms with Gasteiger partial charge in [0, 0.05) is 7.05 Å². The Labute approximate surface area is 121 Å². The maximum absolute atomic E-state index is 12.1. The van der Waals surface area contributed by atoms with E-state index < -0.39 is 5.60 Å². The van der Waals surface area contributed by atoms with E-state index in [0.717, 1.165) is 12.8 Å². The average Bonchev–Trinajstić information content (AvgIpc) is 3.09. The fourth-order valence-electron chi connectivity index (χ4n) is 2.63. The van der Waals surface area contributed by atoms with Crippen LogP contribution in [0.25, 0.3) is 0 Å². The first-order chi connectivity index (χ1) is 9.49. The first-order valence-corrected chi connectivity index (χ1v) is 7.67. The van der Waals surface area contributed by atoms with Crippen molar-refractivity contribution in [2.45, 2.75) is 18.4 Å². The highest BCUT2D eigenvalue weighted by atomic mass is 32.1. The molecule has 0 aromatic carbocycles. The summed E-state index contributed by atoms with van der Waals surface area (Å²) < 4.78 is 0. The first kappa shape index (κ1) is 13.6. The summed E-state index contributed by atoms with van der Waals surface area (Å²) in [6.07, 6.45) is 2.13. The Morgan fingerprint density at radius 1 is 1.50 bits per heavy atom. The van der Waals surface area contributed by atoms with Crippen LogP contribution in [0, 0.1) is 5.92 Å². The zero-order valence-corrected chi connectivity index (χ0v) is 12.2. The molecule has 0 bridgehead atoms. The number of likely N-dealkylation sites (N-methyl/N-ethyl adjacent to an activating group) is 1.